The molecule has 4 aliphatic rings. The van der Waals surface area contributed by atoms with Crippen LogP contribution in [0.15, 0.2) is 0 Å². The number of nitrogens with zero attached hydrogens (tertiary/aromatic N) is 1. The Kier molecular flexibility index (Phi) is 0.651. The fourth-order valence-electron chi connectivity index (χ4n) is 4.22. The van der Waals surface area contributed by atoms with Gasteiger partial charge in [0.25, 0.3) is 0 Å². The third-order valence-corrected chi connectivity index (χ3v) is 4.99. The molecule has 1 spiro atoms. The van der Waals surface area contributed by atoms with Crippen LogP contribution in [-0.4, -0.2) is 24.0 Å². The van der Waals surface area contributed by atoms with Crippen molar-refractivity contribution in [2.24, 2.45) is 23.7 Å². The first-order valence-corrected chi connectivity index (χ1v) is 5.04. The van der Waals surface area contributed by atoms with Gasteiger partial charge in [0, 0.05) is 12.1 Å². The maximum Gasteiger partial charge on any atom is 0.0242 e. The molecule has 0 aromatic heterocycles. The van der Waals surface area contributed by atoms with Crippen LogP contribution in [0.3, 0.4) is 0 Å². The lowest BCUT2D eigenvalue weighted by atomic mass is 9.72. The molecule has 4 atom stereocenters. The van der Waals surface area contributed by atoms with E-state index in [1.807, 2.05) is 0 Å². The van der Waals surface area contributed by atoms with Gasteiger partial charge in [0.1, 0.15) is 0 Å². The topological polar surface area (TPSA) is 3.24 Å². The zero-order chi connectivity index (χ0) is 7.22. The first-order valence-electron chi connectivity index (χ1n) is 5.04. The lowest BCUT2D eigenvalue weighted by molar-refractivity contribution is 0.160. The Labute approximate surface area is 67.8 Å². The maximum absolute atomic E-state index is 2.68. The summed E-state index contributed by atoms with van der Waals surface area (Å²) >= 11 is 0. The number of fused-ring (bicyclic) bond motifs is 5. The second kappa shape index (κ2) is 1.28. The molecule has 4 fully saturated rings. The molecule has 1 aliphatic heterocycles. The van der Waals surface area contributed by atoms with Crippen molar-refractivity contribution in [2.75, 3.05) is 13.6 Å². The fourth-order valence-corrected chi connectivity index (χ4v) is 4.22. The molecule has 0 bridgehead atoms. The minimum absolute atomic E-state index is 0.766. The molecule has 4 rings (SSSR count). The molecular formula is C10H15N. The quantitative estimate of drug-likeness (QED) is 0.502. The van der Waals surface area contributed by atoms with Crippen LogP contribution in [0.2, 0.25) is 0 Å². The van der Waals surface area contributed by atoms with Gasteiger partial charge in [0.05, 0.1) is 0 Å². The van der Waals surface area contributed by atoms with E-state index in [1.54, 1.807) is 6.42 Å². The Balaban J connectivity index is 1.78. The van der Waals surface area contributed by atoms with Crippen molar-refractivity contribution in [3.05, 3.63) is 0 Å². The summed E-state index contributed by atoms with van der Waals surface area (Å²) in [4.78, 5) is 2.68. The summed E-state index contributed by atoms with van der Waals surface area (Å²) in [7, 11) is 2.35. The molecule has 0 radical (unpaired) electrons. The molecule has 60 valence electrons. The molecule has 1 heterocycles. The highest BCUT2D eigenvalue weighted by atomic mass is 15.3. The first kappa shape index (κ1) is 5.58. The SMILES string of the molecule is CN1C[C@H]2C3CC3[C@H]2C12CC2. The van der Waals surface area contributed by atoms with E-state index >= 15 is 0 Å². The van der Waals surface area contributed by atoms with Crippen molar-refractivity contribution >= 4 is 0 Å². The van der Waals surface area contributed by atoms with Crippen LogP contribution in [0.4, 0.5) is 0 Å². The lowest BCUT2D eigenvalue weighted by Crippen LogP contribution is -2.36. The lowest BCUT2D eigenvalue weighted by Gasteiger charge is -2.33. The molecule has 1 heteroatoms. The number of hydrogen-bond acceptors (Lipinski definition) is 1. The Morgan fingerprint density at radius 2 is 2.00 bits per heavy atom. The van der Waals surface area contributed by atoms with Gasteiger partial charge in [-0.15, -0.1) is 0 Å². The summed E-state index contributed by atoms with van der Waals surface area (Å²) in [5.74, 6) is 4.71. The second-order valence-electron chi connectivity index (χ2n) is 5.24. The molecule has 1 saturated heterocycles. The van der Waals surface area contributed by atoms with Crippen molar-refractivity contribution in [2.45, 2.75) is 24.8 Å². The van der Waals surface area contributed by atoms with Gasteiger partial charge in [-0.2, -0.15) is 0 Å². The van der Waals surface area contributed by atoms with E-state index in [0.717, 1.165) is 17.4 Å². The van der Waals surface area contributed by atoms with Crippen molar-refractivity contribution in [3.63, 3.8) is 0 Å². The van der Waals surface area contributed by atoms with E-state index < -0.39 is 0 Å². The van der Waals surface area contributed by atoms with Crippen molar-refractivity contribution in [1.29, 1.82) is 0 Å². The van der Waals surface area contributed by atoms with Crippen LogP contribution >= 0.6 is 0 Å². The minimum Gasteiger partial charge on any atom is -0.300 e. The fraction of sp³-hybridized carbons (Fsp3) is 1.00. The van der Waals surface area contributed by atoms with Gasteiger partial charge in [-0.1, -0.05) is 0 Å². The van der Waals surface area contributed by atoms with Crippen molar-refractivity contribution in [3.8, 4) is 0 Å². The number of rotatable bonds is 0. The van der Waals surface area contributed by atoms with E-state index in [-0.39, 0.29) is 0 Å². The highest BCUT2D eigenvalue weighted by molar-refractivity contribution is 5.26. The van der Waals surface area contributed by atoms with Crippen LogP contribution in [0.25, 0.3) is 0 Å². The van der Waals surface area contributed by atoms with Crippen molar-refractivity contribution in [1.82, 2.24) is 4.90 Å². The van der Waals surface area contributed by atoms with Gasteiger partial charge < -0.3 is 4.90 Å². The standard InChI is InChI=1S/C10H15N/c1-11-5-8-6-4-7(6)9(8)10(11)2-3-10/h6-9H,2-5H2,1H3/t6?,7?,8-,9+/m0/s1. The van der Waals surface area contributed by atoms with Gasteiger partial charge >= 0.3 is 0 Å². The summed E-state index contributed by atoms with van der Waals surface area (Å²) in [6.07, 6.45) is 4.65. The summed E-state index contributed by atoms with van der Waals surface area (Å²) in [5.41, 5.74) is 0.766. The Morgan fingerprint density at radius 1 is 1.18 bits per heavy atom. The molecule has 3 saturated carbocycles. The Hall–Kier alpha value is -0.0400. The average molecular weight is 149 g/mol. The van der Waals surface area contributed by atoms with Gasteiger partial charge in [-0.05, 0) is 50.0 Å². The van der Waals surface area contributed by atoms with Crippen LogP contribution < -0.4 is 0 Å². The predicted octanol–water partition coefficient (Wildman–Crippen LogP) is 1.35. The summed E-state index contributed by atoms with van der Waals surface area (Å²) in [5, 5.41) is 0. The molecular weight excluding hydrogens is 134 g/mol. The summed E-state index contributed by atoms with van der Waals surface area (Å²) < 4.78 is 0. The molecule has 3 aliphatic carbocycles. The molecule has 2 unspecified atom stereocenters. The number of likely N-dealkylation sites (tertiary alicyclic amines) is 1. The minimum atomic E-state index is 0.766. The number of hydrogen-bond donors (Lipinski definition) is 0. The summed E-state index contributed by atoms with van der Waals surface area (Å²) in [6, 6.07) is 0. The molecule has 1 nitrogen and oxygen atoms in total. The zero-order valence-electron chi connectivity index (χ0n) is 7.09. The van der Waals surface area contributed by atoms with Crippen LogP contribution in [-0.2, 0) is 0 Å². The summed E-state index contributed by atoms with van der Waals surface area (Å²) in [6.45, 7) is 1.44. The second-order valence-corrected chi connectivity index (χ2v) is 5.24. The third-order valence-electron chi connectivity index (χ3n) is 4.99. The van der Waals surface area contributed by atoms with E-state index in [2.05, 4.69) is 11.9 Å². The van der Waals surface area contributed by atoms with E-state index in [9.17, 15) is 0 Å². The van der Waals surface area contributed by atoms with Gasteiger partial charge in [-0.25, -0.2) is 0 Å². The van der Waals surface area contributed by atoms with Crippen molar-refractivity contribution < 1.29 is 0 Å². The predicted molar refractivity (Wildman–Crippen MR) is 43.2 cm³/mol. The average Bonchev–Trinajstić information content (AvgIpc) is 2.82. The normalized spacial score (nSPS) is 61.9. The monoisotopic (exact) mass is 149 g/mol. The smallest absolute Gasteiger partial charge is 0.0242 e. The highest BCUT2D eigenvalue weighted by Crippen LogP contribution is 2.75. The molecule has 0 N–H and O–H groups in total. The van der Waals surface area contributed by atoms with E-state index in [4.69, 9.17) is 0 Å². The zero-order valence-corrected chi connectivity index (χ0v) is 7.09. The molecule has 0 aromatic rings. The van der Waals surface area contributed by atoms with Gasteiger partial charge in [-0.3, -0.25) is 0 Å². The van der Waals surface area contributed by atoms with E-state index in [1.165, 1.54) is 31.2 Å². The Morgan fingerprint density at radius 3 is 2.73 bits per heavy atom. The van der Waals surface area contributed by atoms with Gasteiger partial charge in [0.15, 0.2) is 0 Å². The molecule has 0 aromatic carbocycles. The third kappa shape index (κ3) is 0.416. The molecule has 11 heavy (non-hydrogen) atoms. The molecule has 0 amide bonds. The first-order chi connectivity index (χ1) is 5.33. The van der Waals surface area contributed by atoms with Crippen LogP contribution in [0.5, 0.6) is 0 Å². The Bertz CT molecular complexity index is 231. The van der Waals surface area contributed by atoms with Gasteiger partial charge in [0.2, 0.25) is 0 Å². The largest absolute Gasteiger partial charge is 0.300 e. The van der Waals surface area contributed by atoms with E-state index in [0.29, 0.717) is 0 Å². The van der Waals surface area contributed by atoms with Crippen LogP contribution in [0.1, 0.15) is 19.3 Å². The maximum atomic E-state index is 2.68. The van der Waals surface area contributed by atoms with Crippen LogP contribution in [0, 0.1) is 23.7 Å². The highest BCUT2D eigenvalue weighted by Gasteiger charge is 2.75.